The second-order valence-electron chi connectivity index (χ2n) is 4.12. The second kappa shape index (κ2) is 5.24. The Balaban J connectivity index is 2.28. The molecule has 1 aliphatic rings. The minimum atomic E-state index is -0.372. The fourth-order valence-electron chi connectivity index (χ4n) is 2.24. The third-order valence-corrected chi connectivity index (χ3v) is 3.31. The fraction of sp³-hybridized carbons (Fsp3) is 0.909. The summed E-state index contributed by atoms with van der Waals surface area (Å²) in [7, 11) is 0. The Morgan fingerprint density at radius 3 is 2.46 bits per heavy atom. The predicted molar refractivity (Wildman–Crippen MR) is 52.0 cm³/mol. The maximum absolute atomic E-state index is 9.61. The van der Waals surface area contributed by atoms with Crippen LogP contribution in [-0.4, -0.2) is 11.2 Å². The molecule has 0 radical (unpaired) electrons. The Hall–Kier alpha value is -0.550. The van der Waals surface area contributed by atoms with Crippen molar-refractivity contribution in [3.63, 3.8) is 0 Å². The van der Waals surface area contributed by atoms with Crippen molar-refractivity contribution in [1.82, 2.24) is 0 Å². The normalized spacial score (nSPS) is 30.8. The molecule has 0 spiro atoms. The summed E-state index contributed by atoms with van der Waals surface area (Å²) in [6.07, 6.45) is 5.90. The summed E-state index contributed by atoms with van der Waals surface area (Å²) in [5.41, 5.74) is 0. The van der Waals surface area contributed by atoms with Crippen molar-refractivity contribution in [2.45, 2.75) is 51.6 Å². The molecule has 0 saturated heterocycles. The van der Waals surface area contributed by atoms with E-state index in [1.54, 1.807) is 0 Å². The van der Waals surface area contributed by atoms with Gasteiger partial charge in [-0.1, -0.05) is 26.2 Å². The van der Waals surface area contributed by atoms with Crippen LogP contribution in [0.3, 0.4) is 0 Å². The van der Waals surface area contributed by atoms with Crippen molar-refractivity contribution in [1.29, 1.82) is 5.26 Å². The summed E-state index contributed by atoms with van der Waals surface area (Å²) in [5, 5.41) is 18.1. The van der Waals surface area contributed by atoms with E-state index in [4.69, 9.17) is 5.26 Å². The molecule has 1 saturated carbocycles. The van der Waals surface area contributed by atoms with E-state index in [1.807, 2.05) is 6.07 Å². The first-order valence-corrected chi connectivity index (χ1v) is 5.33. The van der Waals surface area contributed by atoms with Gasteiger partial charge < -0.3 is 5.11 Å². The third kappa shape index (κ3) is 3.00. The molecule has 0 aromatic rings. The highest BCUT2D eigenvalue weighted by Gasteiger charge is 2.25. The standard InChI is InChI=1S/C11H19NO/c1-2-9-3-5-10(6-4-9)11(13)7-8-12/h9-11,13H,2-7H2,1H3. The van der Waals surface area contributed by atoms with Crippen molar-refractivity contribution in [3.8, 4) is 6.07 Å². The third-order valence-electron chi connectivity index (χ3n) is 3.31. The molecular formula is C11H19NO. The molecular weight excluding hydrogens is 162 g/mol. The first-order chi connectivity index (χ1) is 6.27. The molecule has 2 heteroatoms. The lowest BCUT2D eigenvalue weighted by molar-refractivity contribution is 0.0769. The number of rotatable bonds is 3. The van der Waals surface area contributed by atoms with Crippen LogP contribution in [-0.2, 0) is 0 Å². The Morgan fingerprint density at radius 2 is 2.00 bits per heavy atom. The maximum atomic E-state index is 9.61. The number of aliphatic hydroxyl groups excluding tert-OH is 1. The molecule has 0 aromatic heterocycles. The van der Waals surface area contributed by atoms with Gasteiger partial charge in [0.05, 0.1) is 18.6 Å². The molecule has 1 rings (SSSR count). The zero-order valence-corrected chi connectivity index (χ0v) is 8.37. The first-order valence-electron chi connectivity index (χ1n) is 5.33. The Kier molecular flexibility index (Phi) is 4.24. The SMILES string of the molecule is CCC1CCC(C(O)CC#N)CC1. The predicted octanol–water partition coefficient (Wildman–Crippen LogP) is 2.48. The minimum Gasteiger partial charge on any atom is -0.392 e. The highest BCUT2D eigenvalue weighted by molar-refractivity contribution is 4.83. The highest BCUT2D eigenvalue weighted by atomic mass is 16.3. The molecule has 1 unspecified atom stereocenters. The van der Waals surface area contributed by atoms with Gasteiger partial charge in [0, 0.05) is 0 Å². The van der Waals surface area contributed by atoms with Gasteiger partial charge in [-0.3, -0.25) is 0 Å². The first kappa shape index (κ1) is 10.5. The van der Waals surface area contributed by atoms with Gasteiger partial charge in [0.2, 0.25) is 0 Å². The van der Waals surface area contributed by atoms with Gasteiger partial charge in [0.15, 0.2) is 0 Å². The van der Waals surface area contributed by atoms with E-state index in [-0.39, 0.29) is 6.10 Å². The van der Waals surface area contributed by atoms with Crippen LogP contribution in [0.1, 0.15) is 45.4 Å². The van der Waals surface area contributed by atoms with Crippen LogP contribution in [0, 0.1) is 23.2 Å². The second-order valence-corrected chi connectivity index (χ2v) is 4.12. The minimum absolute atomic E-state index is 0.307. The number of hydrogen-bond acceptors (Lipinski definition) is 2. The molecule has 0 heterocycles. The molecule has 0 aromatic carbocycles. The Labute approximate surface area is 80.6 Å². The van der Waals surface area contributed by atoms with Crippen molar-refractivity contribution >= 4 is 0 Å². The van der Waals surface area contributed by atoms with E-state index in [0.717, 1.165) is 18.8 Å². The van der Waals surface area contributed by atoms with E-state index >= 15 is 0 Å². The van der Waals surface area contributed by atoms with E-state index in [2.05, 4.69) is 6.92 Å². The summed E-state index contributed by atoms with van der Waals surface area (Å²) < 4.78 is 0. The molecule has 0 bridgehead atoms. The summed E-state index contributed by atoms with van der Waals surface area (Å²) in [5.74, 6) is 1.26. The molecule has 1 fully saturated rings. The van der Waals surface area contributed by atoms with Gasteiger partial charge >= 0.3 is 0 Å². The van der Waals surface area contributed by atoms with E-state index in [9.17, 15) is 5.11 Å². The lowest BCUT2D eigenvalue weighted by Gasteiger charge is -2.30. The molecule has 74 valence electrons. The van der Waals surface area contributed by atoms with Crippen LogP contribution < -0.4 is 0 Å². The van der Waals surface area contributed by atoms with Crippen LogP contribution >= 0.6 is 0 Å². The number of aliphatic hydroxyl groups is 1. The highest BCUT2D eigenvalue weighted by Crippen LogP contribution is 2.32. The summed E-state index contributed by atoms with van der Waals surface area (Å²) in [4.78, 5) is 0. The molecule has 0 aliphatic heterocycles. The lowest BCUT2D eigenvalue weighted by Crippen LogP contribution is -2.25. The van der Waals surface area contributed by atoms with Crippen LogP contribution in [0.2, 0.25) is 0 Å². The maximum Gasteiger partial charge on any atom is 0.0698 e. The molecule has 1 aliphatic carbocycles. The monoisotopic (exact) mass is 181 g/mol. The van der Waals surface area contributed by atoms with Gasteiger partial charge in [0.1, 0.15) is 0 Å². The van der Waals surface area contributed by atoms with E-state index < -0.39 is 0 Å². The zero-order valence-electron chi connectivity index (χ0n) is 8.37. The van der Waals surface area contributed by atoms with Crippen LogP contribution in [0.15, 0.2) is 0 Å². The average Bonchev–Trinajstić information content (AvgIpc) is 2.18. The van der Waals surface area contributed by atoms with Crippen molar-refractivity contribution in [2.24, 2.45) is 11.8 Å². The summed E-state index contributed by atoms with van der Waals surface area (Å²) in [6.45, 7) is 2.23. The summed E-state index contributed by atoms with van der Waals surface area (Å²) >= 11 is 0. The van der Waals surface area contributed by atoms with Gasteiger partial charge in [-0.2, -0.15) is 5.26 Å². The van der Waals surface area contributed by atoms with Crippen LogP contribution in [0.5, 0.6) is 0 Å². The number of nitriles is 1. The largest absolute Gasteiger partial charge is 0.392 e. The number of nitrogens with zero attached hydrogens (tertiary/aromatic N) is 1. The topological polar surface area (TPSA) is 44.0 Å². The molecule has 1 atom stereocenters. The van der Waals surface area contributed by atoms with Gasteiger partial charge in [-0.15, -0.1) is 0 Å². The summed E-state index contributed by atoms with van der Waals surface area (Å²) in [6, 6.07) is 2.04. The number of hydrogen-bond donors (Lipinski definition) is 1. The van der Waals surface area contributed by atoms with Gasteiger partial charge in [-0.05, 0) is 24.7 Å². The average molecular weight is 181 g/mol. The Morgan fingerprint density at radius 1 is 1.38 bits per heavy atom. The lowest BCUT2D eigenvalue weighted by atomic mass is 9.78. The molecule has 0 amide bonds. The molecule has 2 nitrogen and oxygen atoms in total. The van der Waals surface area contributed by atoms with Gasteiger partial charge in [0.25, 0.3) is 0 Å². The van der Waals surface area contributed by atoms with Crippen LogP contribution in [0.25, 0.3) is 0 Å². The van der Waals surface area contributed by atoms with Crippen molar-refractivity contribution in [2.75, 3.05) is 0 Å². The zero-order chi connectivity index (χ0) is 9.68. The quantitative estimate of drug-likeness (QED) is 0.727. The molecule has 1 N–H and O–H groups in total. The van der Waals surface area contributed by atoms with E-state index in [0.29, 0.717) is 12.3 Å². The Bertz CT molecular complexity index is 177. The molecule has 13 heavy (non-hydrogen) atoms. The van der Waals surface area contributed by atoms with Crippen molar-refractivity contribution < 1.29 is 5.11 Å². The fourth-order valence-corrected chi connectivity index (χ4v) is 2.24. The smallest absolute Gasteiger partial charge is 0.0698 e. The van der Waals surface area contributed by atoms with E-state index in [1.165, 1.54) is 19.3 Å². The van der Waals surface area contributed by atoms with Crippen LogP contribution in [0.4, 0.5) is 0 Å². The van der Waals surface area contributed by atoms with Gasteiger partial charge in [-0.25, -0.2) is 0 Å². The van der Waals surface area contributed by atoms with Crippen molar-refractivity contribution in [3.05, 3.63) is 0 Å².